The number of nitro benzene ring substituents is 1. The summed E-state index contributed by atoms with van der Waals surface area (Å²) in [6.45, 7) is 0.196. The van der Waals surface area contributed by atoms with Crippen LogP contribution in [-0.4, -0.2) is 28.1 Å². The minimum Gasteiger partial charge on any atom is -0.493 e. The third kappa shape index (κ3) is 5.37. The van der Waals surface area contributed by atoms with Crippen molar-refractivity contribution in [2.45, 2.75) is 13.2 Å². The maximum Gasteiger partial charge on any atom is 0.293 e. The number of amides is 2. The van der Waals surface area contributed by atoms with Crippen LogP contribution in [-0.2, 0) is 17.9 Å². The Bertz CT molecular complexity index is 1410. The molecule has 4 rings (SSSR count). The van der Waals surface area contributed by atoms with Crippen LogP contribution in [0.3, 0.4) is 0 Å². The first-order valence-corrected chi connectivity index (χ1v) is 11.5. The van der Waals surface area contributed by atoms with Crippen LogP contribution < -0.4 is 9.47 Å². The number of nitrogens with zero attached hydrogens (tertiary/aromatic N) is 3. The largest absolute Gasteiger partial charge is 0.493 e. The summed E-state index contributed by atoms with van der Waals surface area (Å²) in [4.78, 5) is 37.0. The van der Waals surface area contributed by atoms with Gasteiger partial charge >= 0.3 is 0 Å². The van der Waals surface area contributed by atoms with Crippen LogP contribution in [0.4, 0.5) is 10.5 Å². The molecule has 1 aliphatic heterocycles. The molecule has 36 heavy (non-hydrogen) atoms. The molecule has 0 aliphatic carbocycles. The SMILES string of the molecule is COc1cc(/C=C2\SC(=O)N(Cc3ccc([N+](=O)[O-])cc3)C2=O)ccc1OCc1ccccc1C#N. The molecule has 180 valence electrons. The third-order valence-electron chi connectivity index (χ3n) is 5.37. The van der Waals surface area contributed by atoms with Crippen molar-refractivity contribution in [3.8, 4) is 17.6 Å². The van der Waals surface area contributed by atoms with Crippen molar-refractivity contribution in [3.05, 3.63) is 104 Å². The number of carbonyl (C=O) groups excluding carboxylic acids is 2. The Labute approximate surface area is 210 Å². The Morgan fingerprint density at radius 3 is 2.53 bits per heavy atom. The van der Waals surface area contributed by atoms with Gasteiger partial charge in [0.05, 0.1) is 35.1 Å². The monoisotopic (exact) mass is 501 g/mol. The number of nitro groups is 1. The second-order valence-electron chi connectivity index (χ2n) is 7.66. The van der Waals surface area contributed by atoms with Gasteiger partial charge in [0.2, 0.25) is 0 Å². The normalized spacial score (nSPS) is 14.1. The lowest BCUT2D eigenvalue weighted by Crippen LogP contribution is -2.27. The topological polar surface area (TPSA) is 123 Å². The summed E-state index contributed by atoms with van der Waals surface area (Å²) in [6.07, 6.45) is 1.60. The molecule has 0 atom stereocenters. The highest BCUT2D eigenvalue weighted by molar-refractivity contribution is 8.18. The van der Waals surface area contributed by atoms with Gasteiger partial charge in [0, 0.05) is 17.7 Å². The van der Waals surface area contributed by atoms with Crippen molar-refractivity contribution in [1.29, 1.82) is 5.26 Å². The number of thioether (sulfide) groups is 1. The lowest BCUT2D eigenvalue weighted by Gasteiger charge is -2.13. The zero-order valence-electron chi connectivity index (χ0n) is 19.0. The molecule has 0 unspecified atom stereocenters. The molecule has 1 saturated heterocycles. The number of benzene rings is 3. The van der Waals surface area contributed by atoms with Crippen LogP contribution in [0.2, 0.25) is 0 Å². The number of nitriles is 1. The van der Waals surface area contributed by atoms with Gasteiger partial charge in [0.1, 0.15) is 6.61 Å². The molecule has 9 nitrogen and oxygen atoms in total. The van der Waals surface area contributed by atoms with Crippen LogP contribution >= 0.6 is 11.8 Å². The highest BCUT2D eigenvalue weighted by atomic mass is 32.2. The van der Waals surface area contributed by atoms with Crippen LogP contribution in [0.25, 0.3) is 6.08 Å². The van der Waals surface area contributed by atoms with Gasteiger partial charge in [-0.2, -0.15) is 5.26 Å². The van der Waals surface area contributed by atoms with E-state index in [9.17, 15) is 25.0 Å². The lowest BCUT2D eigenvalue weighted by atomic mass is 10.1. The van der Waals surface area contributed by atoms with E-state index in [0.29, 0.717) is 28.2 Å². The number of non-ortho nitro benzene ring substituents is 1. The van der Waals surface area contributed by atoms with Crippen LogP contribution in [0.5, 0.6) is 11.5 Å². The van der Waals surface area contributed by atoms with E-state index in [-0.39, 0.29) is 23.7 Å². The average molecular weight is 502 g/mol. The number of rotatable bonds is 8. The molecule has 2 amide bonds. The van der Waals surface area contributed by atoms with E-state index in [2.05, 4.69) is 6.07 Å². The quantitative estimate of drug-likeness (QED) is 0.232. The standard InChI is InChI=1S/C26H19N3O6S/c1-34-23-12-18(8-11-22(23)35-16-20-5-3-2-4-19(20)14-27)13-24-25(30)28(26(31)36-24)15-17-6-9-21(10-7-17)29(32)33/h2-13H,15-16H2,1H3/b24-13-. The molecule has 1 aliphatic rings. The van der Waals surface area contributed by atoms with Crippen LogP contribution in [0, 0.1) is 21.4 Å². The fourth-order valence-corrected chi connectivity index (χ4v) is 4.34. The van der Waals surface area contributed by atoms with E-state index in [0.717, 1.165) is 22.2 Å². The highest BCUT2D eigenvalue weighted by Gasteiger charge is 2.35. The van der Waals surface area contributed by atoms with Gasteiger partial charge in [-0.15, -0.1) is 0 Å². The molecule has 1 heterocycles. The molecule has 0 N–H and O–H groups in total. The Morgan fingerprint density at radius 1 is 1.08 bits per heavy atom. The number of carbonyl (C=O) groups is 2. The van der Waals surface area contributed by atoms with E-state index < -0.39 is 16.1 Å². The molecule has 0 aromatic heterocycles. The summed E-state index contributed by atoms with van der Waals surface area (Å²) in [5, 5.41) is 19.6. The van der Waals surface area contributed by atoms with Crippen molar-refractivity contribution in [1.82, 2.24) is 4.90 Å². The number of ether oxygens (including phenoxy) is 2. The van der Waals surface area contributed by atoms with E-state index in [1.165, 1.54) is 31.4 Å². The molecular weight excluding hydrogens is 482 g/mol. The van der Waals surface area contributed by atoms with Gasteiger partial charge in [-0.05, 0) is 47.2 Å². The van der Waals surface area contributed by atoms with Crippen molar-refractivity contribution in [2.24, 2.45) is 0 Å². The molecule has 0 radical (unpaired) electrons. The van der Waals surface area contributed by atoms with Crippen LogP contribution in [0.15, 0.2) is 71.6 Å². The smallest absolute Gasteiger partial charge is 0.293 e. The highest BCUT2D eigenvalue weighted by Crippen LogP contribution is 2.35. The van der Waals surface area contributed by atoms with Gasteiger partial charge in [-0.1, -0.05) is 36.4 Å². The molecule has 1 fully saturated rings. The minimum absolute atomic E-state index is 0.0142. The number of hydrogen-bond acceptors (Lipinski definition) is 8. The Hall–Kier alpha value is -4.62. The third-order valence-corrected chi connectivity index (χ3v) is 6.28. The lowest BCUT2D eigenvalue weighted by molar-refractivity contribution is -0.384. The molecule has 0 bridgehead atoms. The second kappa shape index (κ2) is 10.8. The average Bonchev–Trinajstić information content (AvgIpc) is 3.15. The first kappa shape index (κ1) is 24.5. The van der Waals surface area contributed by atoms with Gasteiger partial charge in [-0.25, -0.2) is 0 Å². The Balaban J connectivity index is 1.48. The summed E-state index contributed by atoms with van der Waals surface area (Å²) in [5.74, 6) is 0.452. The maximum absolute atomic E-state index is 12.9. The van der Waals surface area contributed by atoms with Crippen LogP contribution in [0.1, 0.15) is 22.3 Å². The van der Waals surface area contributed by atoms with E-state index in [1.54, 1.807) is 36.4 Å². The second-order valence-corrected chi connectivity index (χ2v) is 8.65. The van der Waals surface area contributed by atoms with E-state index in [1.807, 2.05) is 12.1 Å². The molecule has 10 heteroatoms. The fraction of sp³-hybridized carbons (Fsp3) is 0.115. The van der Waals surface area contributed by atoms with E-state index in [4.69, 9.17) is 9.47 Å². The summed E-state index contributed by atoms with van der Waals surface area (Å²) in [6, 6.07) is 20.1. The van der Waals surface area contributed by atoms with Gasteiger partial charge in [-0.3, -0.25) is 24.6 Å². The molecule has 3 aromatic carbocycles. The zero-order chi connectivity index (χ0) is 25.7. The maximum atomic E-state index is 12.9. The predicted molar refractivity (Wildman–Crippen MR) is 133 cm³/mol. The van der Waals surface area contributed by atoms with Crippen molar-refractivity contribution in [2.75, 3.05) is 7.11 Å². The number of hydrogen-bond donors (Lipinski definition) is 0. The number of methoxy groups -OCH3 is 1. The van der Waals surface area contributed by atoms with Crippen molar-refractivity contribution >= 4 is 34.7 Å². The van der Waals surface area contributed by atoms with Crippen molar-refractivity contribution < 1.29 is 24.0 Å². The molecule has 0 spiro atoms. The van der Waals surface area contributed by atoms with Gasteiger partial charge < -0.3 is 9.47 Å². The number of imide groups is 1. The first-order chi connectivity index (χ1) is 17.4. The first-order valence-electron chi connectivity index (χ1n) is 10.7. The zero-order valence-corrected chi connectivity index (χ0v) is 19.9. The Morgan fingerprint density at radius 2 is 1.83 bits per heavy atom. The molecule has 0 saturated carbocycles. The summed E-state index contributed by atoms with van der Waals surface area (Å²) in [7, 11) is 1.49. The summed E-state index contributed by atoms with van der Waals surface area (Å²) >= 11 is 0.821. The van der Waals surface area contributed by atoms with Gasteiger partial charge in [0.25, 0.3) is 16.8 Å². The summed E-state index contributed by atoms with van der Waals surface area (Å²) in [5.41, 5.74) is 2.44. The van der Waals surface area contributed by atoms with Gasteiger partial charge in [0.15, 0.2) is 11.5 Å². The molecular formula is C26H19N3O6S. The summed E-state index contributed by atoms with van der Waals surface area (Å²) < 4.78 is 11.3. The fourth-order valence-electron chi connectivity index (χ4n) is 3.50. The minimum atomic E-state index is -0.511. The predicted octanol–water partition coefficient (Wildman–Crippen LogP) is 5.29. The Kier molecular flexibility index (Phi) is 7.32. The molecule has 3 aromatic rings. The van der Waals surface area contributed by atoms with E-state index >= 15 is 0 Å². The van der Waals surface area contributed by atoms with Crippen molar-refractivity contribution in [3.63, 3.8) is 0 Å².